The van der Waals surface area contributed by atoms with Gasteiger partial charge in [0, 0.05) is 0 Å². The molecule has 0 saturated carbocycles. The van der Waals surface area contributed by atoms with Gasteiger partial charge in [-0.2, -0.15) is 8.42 Å². The van der Waals surface area contributed by atoms with Gasteiger partial charge in [0.1, 0.15) is 0 Å². The van der Waals surface area contributed by atoms with Crippen LogP contribution in [-0.2, 0) is 10.1 Å². The van der Waals surface area contributed by atoms with Gasteiger partial charge in [-0.1, -0.05) is 70.8 Å². The van der Waals surface area contributed by atoms with E-state index in [9.17, 15) is 8.42 Å². The summed E-state index contributed by atoms with van der Waals surface area (Å²) >= 11 is 0. The highest BCUT2D eigenvalue weighted by atomic mass is 32.2. The van der Waals surface area contributed by atoms with Crippen LogP contribution in [0.5, 0.6) is 0 Å². The topological polar surface area (TPSA) is 54.4 Å². The highest BCUT2D eigenvalue weighted by Crippen LogP contribution is 2.11. The first-order chi connectivity index (χ1) is 8.56. The molecule has 0 saturated heterocycles. The molecule has 0 aromatic rings. The van der Waals surface area contributed by atoms with Crippen molar-refractivity contribution in [1.29, 1.82) is 0 Å². The Labute approximate surface area is 112 Å². The molecule has 0 aliphatic carbocycles. The molecule has 0 rings (SSSR count). The number of rotatable bonds is 12. The van der Waals surface area contributed by atoms with E-state index in [2.05, 4.69) is 6.92 Å². The van der Waals surface area contributed by atoms with Crippen LogP contribution < -0.4 is 0 Å². The van der Waals surface area contributed by atoms with Gasteiger partial charge in [-0.05, 0) is 12.8 Å². The number of unbranched alkanes of at least 4 members (excludes halogenated alkanes) is 10. The Kier molecular flexibility index (Phi) is 11.5. The minimum absolute atomic E-state index is 0.732. The van der Waals surface area contributed by atoms with E-state index < -0.39 is 10.1 Å². The van der Waals surface area contributed by atoms with Crippen molar-refractivity contribution in [2.24, 2.45) is 0 Å². The van der Waals surface area contributed by atoms with Crippen molar-refractivity contribution in [1.82, 2.24) is 0 Å². The Balaban J connectivity index is 3.15. The van der Waals surface area contributed by atoms with Crippen molar-refractivity contribution in [3.05, 3.63) is 11.5 Å². The maximum atomic E-state index is 10.4. The highest BCUT2D eigenvalue weighted by Gasteiger charge is 1.94. The first-order valence-electron chi connectivity index (χ1n) is 7.20. The van der Waals surface area contributed by atoms with Gasteiger partial charge < -0.3 is 0 Å². The number of hydrogen-bond donors (Lipinski definition) is 1. The molecule has 0 heterocycles. The van der Waals surface area contributed by atoms with Crippen molar-refractivity contribution in [3.8, 4) is 0 Å². The monoisotopic (exact) mass is 276 g/mol. The number of allylic oxidation sites excluding steroid dienone is 1. The molecular formula is C14H28O3S. The minimum Gasteiger partial charge on any atom is -0.282 e. The van der Waals surface area contributed by atoms with E-state index in [1.54, 1.807) is 0 Å². The standard InChI is InChI=1S/C14H28O3S/c1-2-3-4-5-6-7-8-9-10-11-12-13-14-18(15,16)17/h13-14H,2-12H2,1H3,(H,15,16,17). The first kappa shape index (κ1) is 17.6. The molecule has 1 N–H and O–H groups in total. The maximum Gasteiger partial charge on any atom is 0.287 e. The second-order valence-corrected chi connectivity index (χ2v) is 6.16. The highest BCUT2D eigenvalue weighted by molar-refractivity contribution is 7.88. The summed E-state index contributed by atoms with van der Waals surface area (Å²) < 4.78 is 29.2. The molecule has 0 unspecified atom stereocenters. The molecule has 0 aromatic heterocycles. The summed E-state index contributed by atoms with van der Waals surface area (Å²) in [6, 6.07) is 0. The second-order valence-electron chi connectivity index (χ2n) is 4.86. The third kappa shape index (κ3) is 15.6. The van der Waals surface area contributed by atoms with Gasteiger partial charge in [-0.15, -0.1) is 0 Å². The molecule has 0 fully saturated rings. The smallest absolute Gasteiger partial charge is 0.282 e. The van der Waals surface area contributed by atoms with E-state index in [4.69, 9.17) is 4.55 Å². The third-order valence-corrected chi connectivity index (χ3v) is 3.53. The predicted octanol–water partition coefficient (Wildman–Crippen LogP) is 4.70. The lowest BCUT2D eigenvalue weighted by Gasteiger charge is -2.01. The van der Waals surface area contributed by atoms with Crippen LogP contribution in [0.25, 0.3) is 0 Å². The molecule has 0 atom stereocenters. The molecule has 0 spiro atoms. The van der Waals surface area contributed by atoms with Gasteiger partial charge in [0.25, 0.3) is 10.1 Å². The summed E-state index contributed by atoms with van der Waals surface area (Å²) in [6.07, 6.45) is 15.0. The molecule has 0 aliphatic rings. The first-order valence-corrected chi connectivity index (χ1v) is 8.70. The lowest BCUT2D eigenvalue weighted by Crippen LogP contribution is -1.89. The van der Waals surface area contributed by atoms with Gasteiger partial charge >= 0.3 is 0 Å². The zero-order valence-corrected chi connectivity index (χ0v) is 12.4. The van der Waals surface area contributed by atoms with E-state index in [1.165, 1.54) is 57.4 Å². The van der Waals surface area contributed by atoms with Crippen molar-refractivity contribution in [2.75, 3.05) is 0 Å². The van der Waals surface area contributed by atoms with E-state index in [-0.39, 0.29) is 0 Å². The Bertz CT molecular complexity index is 294. The Hall–Kier alpha value is -0.350. The van der Waals surface area contributed by atoms with Crippen molar-refractivity contribution >= 4 is 10.1 Å². The van der Waals surface area contributed by atoms with Gasteiger partial charge in [-0.25, -0.2) is 0 Å². The average molecular weight is 276 g/mol. The Morgan fingerprint density at radius 2 is 1.28 bits per heavy atom. The van der Waals surface area contributed by atoms with Crippen LogP contribution in [0, 0.1) is 0 Å². The van der Waals surface area contributed by atoms with Crippen LogP contribution in [0.15, 0.2) is 11.5 Å². The normalized spacial score (nSPS) is 12.3. The molecular weight excluding hydrogens is 248 g/mol. The molecule has 0 radical (unpaired) electrons. The van der Waals surface area contributed by atoms with Crippen LogP contribution in [0.4, 0.5) is 0 Å². The molecule has 0 aromatic carbocycles. The summed E-state index contributed by atoms with van der Waals surface area (Å²) in [5.41, 5.74) is 0. The minimum atomic E-state index is -3.92. The van der Waals surface area contributed by atoms with Gasteiger partial charge in [0.05, 0.1) is 5.41 Å². The van der Waals surface area contributed by atoms with Crippen LogP contribution in [0.2, 0.25) is 0 Å². The second kappa shape index (κ2) is 11.7. The molecule has 0 amide bonds. The summed E-state index contributed by atoms with van der Waals surface area (Å²) in [5.74, 6) is 0. The molecule has 18 heavy (non-hydrogen) atoms. The third-order valence-electron chi connectivity index (χ3n) is 2.99. The molecule has 0 aliphatic heterocycles. The zero-order chi connectivity index (χ0) is 13.7. The fraction of sp³-hybridized carbons (Fsp3) is 0.857. The fourth-order valence-electron chi connectivity index (χ4n) is 1.94. The fourth-order valence-corrected chi connectivity index (χ4v) is 2.32. The van der Waals surface area contributed by atoms with Crippen molar-refractivity contribution < 1.29 is 13.0 Å². The van der Waals surface area contributed by atoms with Crippen molar-refractivity contribution in [3.63, 3.8) is 0 Å². The van der Waals surface area contributed by atoms with Gasteiger partial charge in [0.2, 0.25) is 0 Å². The summed E-state index contributed by atoms with van der Waals surface area (Å²) in [4.78, 5) is 0. The quantitative estimate of drug-likeness (QED) is 0.415. The number of hydrogen-bond acceptors (Lipinski definition) is 2. The molecule has 0 bridgehead atoms. The van der Waals surface area contributed by atoms with E-state index >= 15 is 0 Å². The summed E-state index contributed by atoms with van der Waals surface area (Å²) in [7, 11) is -3.92. The maximum absolute atomic E-state index is 10.4. The zero-order valence-electron chi connectivity index (χ0n) is 11.6. The Morgan fingerprint density at radius 3 is 1.72 bits per heavy atom. The average Bonchev–Trinajstić information content (AvgIpc) is 2.29. The lowest BCUT2D eigenvalue weighted by atomic mass is 10.1. The van der Waals surface area contributed by atoms with Crippen LogP contribution >= 0.6 is 0 Å². The molecule has 3 nitrogen and oxygen atoms in total. The molecule has 108 valence electrons. The largest absolute Gasteiger partial charge is 0.287 e. The van der Waals surface area contributed by atoms with Crippen LogP contribution in [0.1, 0.15) is 77.6 Å². The Morgan fingerprint density at radius 1 is 0.833 bits per heavy atom. The summed E-state index contributed by atoms with van der Waals surface area (Å²) in [5, 5.41) is 0.876. The van der Waals surface area contributed by atoms with Gasteiger partial charge in [-0.3, -0.25) is 4.55 Å². The SMILES string of the molecule is CCCCCCCCCCCCC=CS(=O)(=O)O. The predicted molar refractivity (Wildman–Crippen MR) is 77.1 cm³/mol. The van der Waals surface area contributed by atoms with E-state index in [0.29, 0.717) is 0 Å². The lowest BCUT2D eigenvalue weighted by molar-refractivity contribution is 0.494. The van der Waals surface area contributed by atoms with Crippen molar-refractivity contribution in [2.45, 2.75) is 77.6 Å². The van der Waals surface area contributed by atoms with Crippen LogP contribution in [0.3, 0.4) is 0 Å². The van der Waals surface area contributed by atoms with E-state index in [1.807, 2.05) is 0 Å². The molecule has 4 heteroatoms. The summed E-state index contributed by atoms with van der Waals surface area (Å²) in [6.45, 7) is 2.23. The van der Waals surface area contributed by atoms with Gasteiger partial charge in [0.15, 0.2) is 0 Å². The van der Waals surface area contributed by atoms with Crippen LogP contribution in [-0.4, -0.2) is 13.0 Å². The van der Waals surface area contributed by atoms with E-state index in [0.717, 1.165) is 24.7 Å².